The molecule has 0 aromatic heterocycles. The van der Waals surface area contributed by atoms with E-state index in [1.54, 1.807) is 12.1 Å². The molecule has 0 atom stereocenters. The van der Waals surface area contributed by atoms with Crippen LogP contribution in [0.1, 0.15) is 41.3 Å². The fraction of sp³-hybridized carbons (Fsp3) is 0.235. The molecule has 0 bridgehead atoms. The van der Waals surface area contributed by atoms with E-state index in [0.29, 0.717) is 22.8 Å². The van der Waals surface area contributed by atoms with E-state index in [1.165, 1.54) is 6.08 Å². The zero-order valence-corrected chi connectivity index (χ0v) is 11.3. The van der Waals surface area contributed by atoms with Crippen molar-refractivity contribution in [2.75, 3.05) is 0 Å². The molecule has 0 radical (unpaired) electrons. The highest BCUT2D eigenvalue weighted by Crippen LogP contribution is 2.42. The average Bonchev–Trinajstić information content (AvgIpc) is 2.45. The largest absolute Gasteiger partial charge is 0.872 e. The van der Waals surface area contributed by atoms with Crippen molar-refractivity contribution in [1.82, 2.24) is 0 Å². The van der Waals surface area contributed by atoms with Crippen LogP contribution in [-0.4, -0.2) is 10.9 Å². The van der Waals surface area contributed by atoms with Crippen LogP contribution in [0.3, 0.4) is 0 Å². The van der Waals surface area contributed by atoms with Crippen LogP contribution >= 0.6 is 0 Å². The van der Waals surface area contributed by atoms with Crippen molar-refractivity contribution in [3.05, 3.63) is 41.0 Å². The third kappa shape index (κ3) is 1.70. The third-order valence-electron chi connectivity index (χ3n) is 3.83. The average molecular weight is 267 g/mol. The third-order valence-corrected chi connectivity index (χ3v) is 3.83. The molecule has 102 valence electrons. The SMILES string of the molecule is CCCCc1c(O)c2c3c(cccc3c1[O-])C=CC2=O. The molecule has 2 aromatic rings. The Morgan fingerprint density at radius 2 is 2.05 bits per heavy atom. The number of carbonyl (C=O) groups is 1. The second kappa shape index (κ2) is 4.67. The predicted molar refractivity (Wildman–Crippen MR) is 77.0 cm³/mol. The summed E-state index contributed by atoms with van der Waals surface area (Å²) >= 11 is 0. The van der Waals surface area contributed by atoms with E-state index in [1.807, 2.05) is 19.1 Å². The predicted octanol–water partition coefficient (Wildman–Crippen LogP) is 3.17. The van der Waals surface area contributed by atoms with Gasteiger partial charge >= 0.3 is 0 Å². The Morgan fingerprint density at radius 3 is 2.80 bits per heavy atom. The number of ketones is 1. The Kier molecular flexibility index (Phi) is 2.97. The molecule has 0 amide bonds. The first-order chi connectivity index (χ1) is 9.65. The maximum atomic E-state index is 12.5. The smallest absolute Gasteiger partial charge is 0.190 e. The van der Waals surface area contributed by atoms with Gasteiger partial charge in [-0.05, 0) is 35.4 Å². The van der Waals surface area contributed by atoms with Crippen molar-refractivity contribution in [2.45, 2.75) is 26.2 Å². The number of unbranched alkanes of at least 4 members (excludes halogenated alkanes) is 1. The van der Waals surface area contributed by atoms with Gasteiger partial charge in [0.1, 0.15) is 5.75 Å². The lowest BCUT2D eigenvalue weighted by Gasteiger charge is -2.23. The number of phenolic OH excluding ortho intramolecular Hbond substituents is 1. The van der Waals surface area contributed by atoms with Crippen LogP contribution in [0, 0.1) is 0 Å². The van der Waals surface area contributed by atoms with Crippen molar-refractivity contribution in [2.24, 2.45) is 0 Å². The normalized spacial score (nSPS) is 13.2. The summed E-state index contributed by atoms with van der Waals surface area (Å²) in [6.45, 7) is 2.03. The highest BCUT2D eigenvalue weighted by atomic mass is 16.3. The Morgan fingerprint density at radius 1 is 1.25 bits per heavy atom. The summed E-state index contributed by atoms with van der Waals surface area (Å²) in [5.41, 5.74) is 1.46. The minimum absolute atomic E-state index is 0.127. The van der Waals surface area contributed by atoms with Crippen LogP contribution in [0.4, 0.5) is 0 Å². The molecule has 1 N–H and O–H groups in total. The van der Waals surface area contributed by atoms with Gasteiger partial charge in [-0.3, -0.25) is 4.79 Å². The maximum Gasteiger partial charge on any atom is 0.190 e. The molecule has 0 fully saturated rings. The summed E-state index contributed by atoms with van der Waals surface area (Å²) in [5.74, 6) is -0.513. The molecule has 3 heteroatoms. The second-order valence-electron chi connectivity index (χ2n) is 5.10. The zero-order chi connectivity index (χ0) is 14.3. The van der Waals surface area contributed by atoms with E-state index in [0.717, 1.165) is 18.4 Å². The van der Waals surface area contributed by atoms with Crippen LogP contribution in [0.25, 0.3) is 16.8 Å². The first-order valence-electron chi connectivity index (χ1n) is 6.85. The number of benzene rings is 2. The lowest BCUT2D eigenvalue weighted by Crippen LogP contribution is -2.08. The summed E-state index contributed by atoms with van der Waals surface area (Å²) in [5, 5.41) is 24.0. The van der Waals surface area contributed by atoms with Gasteiger partial charge in [-0.25, -0.2) is 0 Å². The van der Waals surface area contributed by atoms with E-state index < -0.39 is 0 Å². The van der Waals surface area contributed by atoms with Gasteiger partial charge < -0.3 is 10.2 Å². The molecule has 0 aliphatic heterocycles. The first kappa shape index (κ1) is 12.7. The fourth-order valence-electron chi connectivity index (χ4n) is 2.79. The first-order valence-corrected chi connectivity index (χ1v) is 6.85. The lowest BCUT2D eigenvalue weighted by atomic mass is 9.87. The molecular formula is C17H15O3-. The molecule has 3 rings (SSSR count). The fourth-order valence-corrected chi connectivity index (χ4v) is 2.79. The van der Waals surface area contributed by atoms with Gasteiger partial charge in [0.2, 0.25) is 0 Å². The van der Waals surface area contributed by atoms with Gasteiger partial charge in [-0.15, -0.1) is 0 Å². The topological polar surface area (TPSA) is 60.4 Å². The molecule has 20 heavy (non-hydrogen) atoms. The van der Waals surface area contributed by atoms with Crippen molar-refractivity contribution in [1.29, 1.82) is 0 Å². The molecule has 1 aliphatic rings. The van der Waals surface area contributed by atoms with Gasteiger partial charge in [0.25, 0.3) is 0 Å². The summed E-state index contributed by atoms with van der Waals surface area (Å²) in [4.78, 5) is 12.1. The number of rotatable bonds is 3. The van der Waals surface area contributed by atoms with E-state index in [2.05, 4.69) is 0 Å². The van der Waals surface area contributed by atoms with Crippen LogP contribution < -0.4 is 5.11 Å². The van der Waals surface area contributed by atoms with Crippen molar-refractivity contribution < 1.29 is 15.0 Å². The Labute approximate surface area is 117 Å². The second-order valence-corrected chi connectivity index (χ2v) is 5.10. The monoisotopic (exact) mass is 267 g/mol. The summed E-state index contributed by atoms with van der Waals surface area (Å²) in [6, 6.07) is 5.38. The highest BCUT2D eigenvalue weighted by molar-refractivity contribution is 6.22. The van der Waals surface area contributed by atoms with E-state index in [4.69, 9.17) is 0 Å². The van der Waals surface area contributed by atoms with Crippen molar-refractivity contribution >= 4 is 22.6 Å². The summed E-state index contributed by atoms with van der Waals surface area (Å²) < 4.78 is 0. The van der Waals surface area contributed by atoms with Crippen LogP contribution in [0.2, 0.25) is 0 Å². The van der Waals surface area contributed by atoms with Gasteiger partial charge in [-0.1, -0.05) is 43.4 Å². The number of carbonyl (C=O) groups excluding carboxylic acids is 1. The van der Waals surface area contributed by atoms with Gasteiger partial charge in [0.05, 0.1) is 5.56 Å². The Hall–Kier alpha value is -2.29. The lowest BCUT2D eigenvalue weighted by molar-refractivity contribution is -0.267. The summed E-state index contributed by atoms with van der Waals surface area (Å²) in [6.07, 6.45) is 5.40. The highest BCUT2D eigenvalue weighted by Gasteiger charge is 2.22. The van der Waals surface area contributed by atoms with E-state index >= 15 is 0 Å². The molecule has 0 saturated heterocycles. The zero-order valence-electron chi connectivity index (χ0n) is 11.3. The molecular weight excluding hydrogens is 252 g/mol. The number of aromatic hydroxyl groups is 1. The quantitative estimate of drug-likeness (QED) is 0.929. The van der Waals surface area contributed by atoms with Crippen LogP contribution in [0.5, 0.6) is 11.5 Å². The summed E-state index contributed by atoms with van der Waals surface area (Å²) in [7, 11) is 0. The van der Waals surface area contributed by atoms with Gasteiger partial charge in [0.15, 0.2) is 5.78 Å². The Balaban J connectivity index is 2.39. The Bertz CT molecular complexity index is 742. The number of phenols is 1. The molecule has 0 saturated carbocycles. The van der Waals surface area contributed by atoms with Crippen LogP contribution in [-0.2, 0) is 6.42 Å². The molecule has 1 aliphatic carbocycles. The van der Waals surface area contributed by atoms with Gasteiger partial charge in [0, 0.05) is 5.39 Å². The molecule has 3 nitrogen and oxygen atoms in total. The standard InChI is InChI=1S/C17H16O3/c1-2-3-6-12-16(19)11-7-4-5-10-8-9-13(18)15(14(10)11)17(12)20/h4-5,7-9,19-20H,2-3,6H2,1H3/p-1. The minimum Gasteiger partial charge on any atom is -0.872 e. The van der Waals surface area contributed by atoms with E-state index in [-0.39, 0.29) is 22.8 Å². The maximum absolute atomic E-state index is 12.5. The van der Waals surface area contributed by atoms with Crippen molar-refractivity contribution in [3.63, 3.8) is 0 Å². The van der Waals surface area contributed by atoms with Crippen molar-refractivity contribution in [3.8, 4) is 11.5 Å². The molecule has 2 aromatic carbocycles. The molecule has 0 heterocycles. The number of allylic oxidation sites excluding steroid dienone is 1. The van der Waals surface area contributed by atoms with Crippen LogP contribution in [0.15, 0.2) is 24.3 Å². The number of hydrogen-bond donors (Lipinski definition) is 1. The molecule has 0 spiro atoms. The van der Waals surface area contributed by atoms with E-state index in [9.17, 15) is 15.0 Å². The minimum atomic E-state index is -0.232. The van der Waals surface area contributed by atoms with Gasteiger partial charge in [-0.2, -0.15) is 0 Å². The number of hydrogen-bond acceptors (Lipinski definition) is 3. The molecule has 0 unspecified atom stereocenters.